The van der Waals surface area contributed by atoms with E-state index in [0.29, 0.717) is 24.4 Å². The number of benzene rings is 2. The van der Waals surface area contributed by atoms with E-state index in [1.54, 1.807) is 0 Å². The van der Waals surface area contributed by atoms with Gasteiger partial charge in [-0.15, -0.1) is 0 Å². The molecule has 0 spiro atoms. The normalized spacial score (nSPS) is 16.1. The molecule has 1 aliphatic rings. The Morgan fingerprint density at radius 2 is 2.00 bits per heavy atom. The third-order valence-corrected chi connectivity index (χ3v) is 6.13. The molecule has 3 aromatic rings. The highest BCUT2D eigenvalue weighted by atomic mass is 32.1. The zero-order valence-electron chi connectivity index (χ0n) is 15.3. The van der Waals surface area contributed by atoms with Crippen LogP contribution in [0.2, 0.25) is 0 Å². The van der Waals surface area contributed by atoms with Crippen molar-refractivity contribution in [3.8, 4) is 0 Å². The Labute approximate surface area is 161 Å². The third-order valence-electron chi connectivity index (χ3n) is 5.02. The standard InChI is InChI=1S/C21H21N3O2S/c1-12-7-8-13(2)19-18(12)24-21(27-19)23-17(25)10-9-15-11-14-5-3-4-6-16(14)22-20(15)26/h3-8,15H,9-11H2,1-2H3,(H,22,26)(H,23,24,25)/t15-/m0/s1. The zero-order chi connectivity index (χ0) is 19.0. The molecule has 27 heavy (non-hydrogen) atoms. The van der Waals surface area contributed by atoms with Gasteiger partial charge >= 0.3 is 0 Å². The minimum Gasteiger partial charge on any atom is -0.326 e. The molecule has 0 fully saturated rings. The molecule has 2 heterocycles. The van der Waals surface area contributed by atoms with E-state index in [0.717, 1.165) is 32.6 Å². The quantitative estimate of drug-likeness (QED) is 0.704. The van der Waals surface area contributed by atoms with Crippen molar-refractivity contribution >= 4 is 44.2 Å². The van der Waals surface area contributed by atoms with Gasteiger partial charge in [0.2, 0.25) is 11.8 Å². The van der Waals surface area contributed by atoms with Crippen molar-refractivity contribution in [2.24, 2.45) is 5.92 Å². The molecule has 1 aliphatic heterocycles. The number of nitrogens with one attached hydrogen (secondary N) is 2. The van der Waals surface area contributed by atoms with Crippen molar-refractivity contribution < 1.29 is 9.59 Å². The number of carbonyl (C=O) groups excluding carboxylic acids is 2. The molecule has 0 unspecified atom stereocenters. The number of carbonyl (C=O) groups is 2. The average molecular weight is 379 g/mol. The van der Waals surface area contributed by atoms with Crippen molar-refractivity contribution in [3.05, 3.63) is 53.1 Å². The summed E-state index contributed by atoms with van der Waals surface area (Å²) in [5.74, 6) is -0.283. The van der Waals surface area contributed by atoms with Crippen LogP contribution in [0.1, 0.15) is 29.5 Å². The van der Waals surface area contributed by atoms with E-state index < -0.39 is 0 Å². The maximum atomic E-state index is 12.4. The molecule has 5 nitrogen and oxygen atoms in total. The molecule has 2 amide bonds. The van der Waals surface area contributed by atoms with Crippen LogP contribution in [-0.2, 0) is 16.0 Å². The van der Waals surface area contributed by atoms with Crippen LogP contribution in [0.5, 0.6) is 0 Å². The number of rotatable bonds is 4. The first-order valence-corrected chi connectivity index (χ1v) is 9.88. The number of thiazole rings is 1. The molecule has 1 atom stereocenters. The molecule has 0 aliphatic carbocycles. The largest absolute Gasteiger partial charge is 0.326 e. The Kier molecular flexibility index (Phi) is 4.66. The molecule has 0 saturated heterocycles. The third kappa shape index (κ3) is 3.57. The van der Waals surface area contributed by atoms with Crippen molar-refractivity contribution in [1.29, 1.82) is 0 Å². The second-order valence-corrected chi connectivity index (χ2v) is 8.03. The molecular weight excluding hydrogens is 358 g/mol. The fourth-order valence-electron chi connectivity index (χ4n) is 3.45. The summed E-state index contributed by atoms with van der Waals surface area (Å²) in [6, 6.07) is 11.9. The van der Waals surface area contributed by atoms with Crippen LogP contribution in [-0.4, -0.2) is 16.8 Å². The van der Waals surface area contributed by atoms with Gasteiger partial charge < -0.3 is 10.6 Å². The molecule has 1 aromatic heterocycles. The summed E-state index contributed by atoms with van der Waals surface area (Å²) in [6.45, 7) is 4.07. The van der Waals surface area contributed by atoms with E-state index in [9.17, 15) is 9.59 Å². The smallest absolute Gasteiger partial charge is 0.227 e. The number of para-hydroxylation sites is 1. The topological polar surface area (TPSA) is 71.1 Å². The molecule has 138 valence electrons. The number of fused-ring (bicyclic) bond motifs is 2. The van der Waals surface area contributed by atoms with E-state index >= 15 is 0 Å². The summed E-state index contributed by atoms with van der Waals surface area (Å²) >= 11 is 1.50. The lowest BCUT2D eigenvalue weighted by Gasteiger charge is -2.24. The average Bonchev–Trinajstić information content (AvgIpc) is 3.08. The van der Waals surface area contributed by atoms with Crippen LogP contribution in [0.4, 0.5) is 10.8 Å². The predicted octanol–water partition coefficient (Wildman–Crippen LogP) is 4.44. The number of nitrogens with zero attached hydrogens (tertiary/aromatic N) is 1. The second-order valence-electron chi connectivity index (χ2n) is 7.03. The molecule has 4 rings (SSSR count). The first-order chi connectivity index (χ1) is 13.0. The molecular formula is C21H21N3O2S. The summed E-state index contributed by atoms with van der Waals surface area (Å²) in [4.78, 5) is 29.2. The second kappa shape index (κ2) is 7.12. The van der Waals surface area contributed by atoms with Gasteiger partial charge in [0.05, 0.1) is 10.2 Å². The summed E-state index contributed by atoms with van der Waals surface area (Å²) in [5.41, 5.74) is 5.21. The maximum Gasteiger partial charge on any atom is 0.227 e. The Morgan fingerprint density at radius 3 is 2.81 bits per heavy atom. The van der Waals surface area contributed by atoms with Crippen LogP contribution < -0.4 is 10.6 Å². The van der Waals surface area contributed by atoms with Gasteiger partial charge in [-0.3, -0.25) is 9.59 Å². The number of anilines is 2. The molecule has 0 saturated carbocycles. The van der Waals surface area contributed by atoms with Gasteiger partial charge in [-0.05, 0) is 49.4 Å². The Hall–Kier alpha value is -2.73. The molecule has 2 aromatic carbocycles. The van der Waals surface area contributed by atoms with Crippen molar-refractivity contribution in [2.45, 2.75) is 33.1 Å². The lowest BCUT2D eigenvalue weighted by molar-refractivity contribution is -0.121. The van der Waals surface area contributed by atoms with Gasteiger partial charge in [0.25, 0.3) is 0 Å². The highest BCUT2D eigenvalue weighted by molar-refractivity contribution is 7.22. The summed E-state index contributed by atoms with van der Waals surface area (Å²) in [5, 5.41) is 6.45. The number of aryl methyl sites for hydroxylation is 2. The minimum atomic E-state index is -0.175. The van der Waals surface area contributed by atoms with Crippen LogP contribution in [0.25, 0.3) is 10.2 Å². The van der Waals surface area contributed by atoms with Gasteiger partial charge in [-0.25, -0.2) is 4.98 Å². The Morgan fingerprint density at radius 1 is 1.22 bits per heavy atom. The SMILES string of the molecule is Cc1ccc(C)c2sc(NC(=O)CC[C@H]3Cc4ccccc4NC3=O)nc12. The number of aromatic nitrogens is 1. The minimum absolute atomic E-state index is 0.00673. The summed E-state index contributed by atoms with van der Waals surface area (Å²) < 4.78 is 1.11. The van der Waals surface area contributed by atoms with Crippen LogP contribution >= 0.6 is 11.3 Å². The van der Waals surface area contributed by atoms with Crippen LogP contribution in [0.3, 0.4) is 0 Å². The summed E-state index contributed by atoms with van der Waals surface area (Å²) in [6.07, 6.45) is 1.50. The van der Waals surface area contributed by atoms with E-state index in [4.69, 9.17) is 0 Å². The fraction of sp³-hybridized carbons (Fsp3) is 0.286. The first kappa shape index (κ1) is 17.7. The van der Waals surface area contributed by atoms with E-state index in [1.165, 1.54) is 11.3 Å². The van der Waals surface area contributed by atoms with Gasteiger partial charge in [-0.1, -0.05) is 41.7 Å². The Balaban J connectivity index is 1.40. The first-order valence-electron chi connectivity index (χ1n) is 9.06. The predicted molar refractivity (Wildman–Crippen MR) is 109 cm³/mol. The van der Waals surface area contributed by atoms with Crippen LogP contribution in [0, 0.1) is 19.8 Å². The fourth-order valence-corrected chi connectivity index (χ4v) is 4.47. The van der Waals surface area contributed by atoms with Gasteiger partial charge in [0, 0.05) is 18.0 Å². The van der Waals surface area contributed by atoms with Gasteiger partial charge in [0.15, 0.2) is 5.13 Å². The number of hydrogen-bond donors (Lipinski definition) is 2. The van der Waals surface area contributed by atoms with Crippen molar-refractivity contribution in [2.75, 3.05) is 10.6 Å². The molecule has 2 N–H and O–H groups in total. The lowest BCUT2D eigenvalue weighted by Crippen LogP contribution is -2.30. The van der Waals surface area contributed by atoms with Crippen molar-refractivity contribution in [3.63, 3.8) is 0 Å². The van der Waals surface area contributed by atoms with E-state index in [-0.39, 0.29) is 17.7 Å². The molecule has 6 heteroatoms. The Bertz CT molecular complexity index is 1000. The number of hydrogen-bond acceptors (Lipinski definition) is 4. The zero-order valence-corrected chi connectivity index (χ0v) is 16.2. The van der Waals surface area contributed by atoms with Gasteiger partial charge in [0.1, 0.15) is 0 Å². The molecule has 0 radical (unpaired) electrons. The maximum absolute atomic E-state index is 12.4. The highest BCUT2D eigenvalue weighted by Crippen LogP contribution is 2.31. The highest BCUT2D eigenvalue weighted by Gasteiger charge is 2.26. The lowest BCUT2D eigenvalue weighted by atomic mass is 9.89. The molecule has 0 bridgehead atoms. The monoisotopic (exact) mass is 379 g/mol. The number of amides is 2. The van der Waals surface area contributed by atoms with E-state index in [1.807, 2.05) is 44.2 Å². The van der Waals surface area contributed by atoms with E-state index in [2.05, 4.69) is 21.7 Å². The summed E-state index contributed by atoms with van der Waals surface area (Å²) in [7, 11) is 0. The van der Waals surface area contributed by atoms with Crippen molar-refractivity contribution in [1.82, 2.24) is 4.98 Å². The van der Waals surface area contributed by atoms with Crippen LogP contribution in [0.15, 0.2) is 36.4 Å². The van der Waals surface area contributed by atoms with Gasteiger partial charge in [-0.2, -0.15) is 0 Å².